The number of aromatic nitrogens is 1. The van der Waals surface area contributed by atoms with Crippen LogP contribution in [-0.4, -0.2) is 10.1 Å². The fraction of sp³-hybridized carbons (Fsp3) is 0.286. The van der Waals surface area contributed by atoms with E-state index in [2.05, 4.69) is 4.98 Å². The molecule has 0 fully saturated rings. The third-order valence-electron chi connectivity index (χ3n) is 1.37. The molecule has 0 unspecified atom stereocenters. The van der Waals surface area contributed by atoms with Gasteiger partial charge in [0.1, 0.15) is 5.56 Å². The maximum Gasteiger partial charge on any atom is 0.420 e. The lowest BCUT2D eigenvalue weighted by Crippen LogP contribution is -2.10. The zero-order chi connectivity index (χ0) is 10.1. The van der Waals surface area contributed by atoms with Crippen LogP contribution in [0.3, 0.4) is 0 Å². The molecule has 1 aromatic heterocycles. The quantitative estimate of drug-likeness (QED) is 0.546. The van der Waals surface area contributed by atoms with Gasteiger partial charge in [0.2, 0.25) is 5.95 Å². The summed E-state index contributed by atoms with van der Waals surface area (Å²) in [5.41, 5.74) is -1.56. The average Bonchev–Trinajstić information content (AvgIpc) is 2.01. The summed E-state index contributed by atoms with van der Waals surface area (Å²) in [6.45, 7) is -0.588. The van der Waals surface area contributed by atoms with Crippen LogP contribution in [0.25, 0.3) is 0 Å². The predicted octanol–water partition coefficient (Wildman–Crippen LogP) is 1.73. The number of alkyl halides is 3. The summed E-state index contributed by atoms with van der Waals surface area (Å²) in [7, 11) is 0. The summed E-state index contributed by atoms with van der Waals surface area (Å²) >= 11 is 0. The van der Waals surface area contributed by atoms with Crippen molar-refractivity contribution >= 4 is 0 Å². The second-order valence-corrected chi connectivity index (χ2v) is 2.30. The summed E-state index contributed by atoms with van der Waals surface area (Å²) in [5.74, 6) is -1.61. The van der Waals surface area contributed by atoms with E-state index in [1.165, 1.54) is 0 Å². The molecule has 0 aliphatic rings. The fourth-order valence-corrected chi connectivity index (χ4v) is 0.771. The first-order valence-corrected chi connectivity index (χ1v) is 3.28. The highest BCUT2D eigenvalue weighted by molar-refractivity contribution is 5.18. The Kier molecular flexibility index (Phi) is 2.51. The minimum absolute atomic E-state index is 0.134. The Bertz CT molecular complexity index is 310. The maximum atomic E-state index is 12.6. The first-order valence-electron chi connectivity index (χ1n) is 3.28. The number of pyridine rings is 1. The number of rotatable bonds is 1. The monoisotopic (exact) mass is 195 g/mol. The lowest BCUT2D eigenvalue weighted by molar-refractivity contribution is -0.140. The first kappa shape index (κ1) is 9.91. The fourth-order valence-electron chi connectivity index (χ4n) is 0.771. The van der Waals surface area contributed by atoms with Gasteiger partial charge in [-0.15, -0.1) is 0 Å². The average molecular weight is 195 g/mol. The van der Waals surface area contributed by atoms with E-state index in [4.69, 9.17) is 5.11 Å². The van der Waals surface area contributed by atoms with Crippen molar-refractivity contribution in [3.63, 3.8) is 0 Å². The van der Waals surface area contributed by atoms with Gasteiger partial charge < -0.3 is 5.11 Å². The third kappa shape index (κ3) is 2.15. The van der Waals surface area contributed by atoms with Gasteiger partial charge in [-0.3, -0.25) is 0 Å². The van der Waals surface area contributed by atoms with Gasteiger partial charge in [-0.1, -0.05) is 0 Å². The van der Waals surface area contributed by atoms with Crippen molar-refractivity contribution in [3.8, 4) is 0 Å². The third-order valence-corrected chi connectivity index (χ3v) is 1.37. The molecule has 0 bridgehead atoms. The predicted molar refractivity (Wildman–Crippen MR) is 35.1 cm³/mol. The van der Waals surface area contributed by atoms with Crippen LogP contribution in [0, 0.1) is 5.95 Å². The van der Waals surface area contributed by atoms with E-state index < -0.39 is 24.3 Å². The Morgan fingerprint density at radius 3 is 2.31 bits per heavy atom. The molecule has 0 amide bonds. The highest BCUT2D eigenvalue weighted by atomic mass is 19.4. The molecule has 0 spiro atoms. The molecule has 1 N–H and O–H groups in total. The van der Waals surface area contributed by atoms with Gasteiger partial charge in [0, 0.05) is 0 Å². The van der Waals surface area contributed by atoms with Crippen molar-refractivity contribution in [2.24, 2.45) is 0 Å². The van der Waals surface area contributed by atoms with E-state index in [9.17, 15) is 17.6 Å². The zero-order valence-corrected chi connectivity index (χ0v) is 6.27. The Morgan fingerprint density at radius 2 is 1.92 bits per heavy atom. The largest absolute Gasteiger partial charge is 0.420 e. The Hall–Kier alpha value is -1.17. The molecule has 2 nitrogen and oxygen atoms in total. The molecule has 0 saturated heterocycles. The molecule has 0 aromatic carbocycles. The van der Waals surface area contributed by atoms with Crippen LogP contribution in [0.4, 0.5) is 17.6 Å². The van der Waals surface area contributed by atoms with Crippen molar-refractivity contribution in [1.29, 1.82) is 0 Å². The molecular weight excluding hydrogens is 190 g/mol. The normalized spacial score (nSPS) is 11.8. The topological polar surface area (TPSA) is 33.1 Å². The standard InChI is InChI=1S/C7H5F4NO/c8-6-5(7(9,10)11)2-1-4(3-13)12-6/h1-2,13H,3H2. The maximum absolute atomic E-state index is 12.6. The van der Waals surface area contributed by atoms with E-state index in [0.717, 1.165) is 6.07 Å². The zero-order valence-electron chi connectivity index (χ0n) is 6.27. The summed E-state index contributed by atoms with van der Waals surface area (Å²) in [6, 6.07) is 1.47. The molecule has 0 radical (unpaired) electrons. The van der Waals surface area contributed by atoms with Crippen molar-refractivity contribution in [2.45, 2.75) is 12.8 Å². The van der Waals surface area contributed by atoms with Crippen molar-refractivity contribution in [3.05, 3.63) is 29.3 Å². The number of aliphatic hydroxyl groups excluding tert-OH is 1. The minimum atomic E-state index is -4.74. The lowest BCUT2D eigenvalue weighted by atomic mass is 10.2. The van der Waals surface area contributed by atoms with Crippen LogP contribution in [0.5, 0.6) is 0 Å². The van der Waals surface area contributed by atoms with Gasteiger partial charge >= 0.3 is 6.18 Å². The van der Waals surface area contributed by atoms with Gasteiger partial charge in [0.15, 0.2) is 0 Å². The van der Waals surface area contributed by atoms with Crippen molar-refractivity contribution in [2.75, 3.05) is 0 Å². The number of hydrogen-bond acceptors (Lipinski definition) is 2. The molecule has 6 heteroatoms. The SMILES string of the molecule is OCc1ccc(C(F)(F)F)c(F)n1. The van der Waals surface area contributed by atoms with Gasteiger partial charge in [0.25, 0.3) is 0 Å². The molecular formula is C7H5F4NO. The summed E-state index contributed by atoms with van der Waals surface area (Å²) in [4.78, 5) is 2.92. The molecule has 72 valence electrons. The second-order valence-electron chi connectivity index (χ2n) is 2.30. The number of nitrogens with zero attached hydrogens (tertiary/aromatic N) is 1. The molecule has 0 aliphatic carbocycles. The molecule has 1 rings (SSSR count). The molecule has 1 aromatic rings. The Labute approximate surface area is 70.8 Å². The van der Waals surface area contributed by atoms with Crippen molar-refractivity contribution in [1.82, 2.24) is 4.98 Å². The number of halogens is 4. The summed E-state index contributed by atoms with van der Waals surface area (Å²) in [5, 5.41) is 8.45. The number of hydrogen-bond donors (Lipinski definition) is 1. The van der Waals surface area contributed by atoms with Crippen molar-refractivity contribution < 1.29 is 22.7 Å². The van der Waals surface area contributed by atoms with Crippen LogP contribution < -0.4 is 0 Å². The van der Waals surface area contributed by atoms with E-state index in [1.807, 2.05) is 0 Å². The van der Waals surface area contributed by atoms with Crippen LogP contribution in [0.15, 0.2) is 12.1 Å². The lowest BCUT2D eigenvalue weighted by Gasteiger charge is -2.07. The molecule has 13 heavy (non-hydrogen) atoms. The number of aliphatic hydroxyl groups is 1. The first-order chi connectivity index (χ1) is 5.95. The van der Waals surface area contributed by atoms with E-state index in [-0.39, 0.29) is 5.69 Å². The van der Waals surface area contributed by atoms with Gasteiger partial charge in [-0.25, -0.2) is 4.98 Å². The van der Waals surface area contributed by atoms with E-state index in [1.54, 1.807) is 0 Å². The van der Waals surface area contributed by atoms with Crippen LogP contribution in [0.2, 0.25) is 0 Å². The van der Waals surface area contributed by atoms with Crippen LogP contribution in [0.1, 0.15) is 11.3 Å². The van der Waals surface area contributed by atoms with Gasteiger partial charge in [-0.05, 0) is 12.1 Å². The molecule has 1 heterocycles. The van der Waals surface area contributed by atoms with Gasteiger partial charge in [0.05, 0.1) is 12.3 Å². The molecule has 0 saturated carbocycles. The summed E-state index contributed by atoms with van der Waals surface area (Å²) < 4.78 is 48.4. The summed E-state index contributed by atoms with van der Waals surface area (Å²) in [6.07, 6.45) is -4.74. The van der Waals surface area contributed by atoms with Crippen LogP contribution in [-0.2, 0) is 12.8 Å². The van der Waals surface area contributed by atoms with E-state index >= 15 is 0 Å². The molecule has 0 atom stereocenters. The second kappa shape index (κ2) is 3.29. The van der Waals surface area contributed by atoms with E-state index in [0.29, 0.717) is 6.07 Å². The minimum Gasteiger partial charge on any atom is -0.390 e. The van der Waals surface area contributed by atoms with Crippen LogP contribution >= 0.6 is 0 Å². The smallest absolute Gasteiger partial charge is 0.390 e. The Balaban J connectivity index is 3.13. The highest BCUT2D eigenvalue weighted by Crippen LogP contribution is 2.30. The molecule has 0 aliphatic heterocycles. The highest BCUT2D eigenvalue weighted by Gasteiger charge is 2.34. The van der Waals surface area contributed by atoms with Gasteiger partial charge in [-0.2, -0.15) is 17.6 Å². The Morgan fingerprint density at radius 1 is 1.31 bits per heavy atom.